The fourth-order valence-electron chi connectivity index (χ4n) is 3.13. The van der Waals surface area contributed by atoms with Crippen LogP contribution in [0, 0.1) is 5.82 Å². The Labute approximate surface area is 177 Å². The fourth-order valence-corrected chi connectivity index (χ4v) is 3.13. The van der Waals surface area contributed by atoms with E-state index in [4.69, 9.17) is 0 Å². The smallest absolute Gasteiger partial charge is 0.309 e. The zero-order valence-corrected chi connectivity index (χ0v) is 16.8. The van der Waals surface area contributed by atoms with Crippen LogP contribution in [-0.2, 0) is 17.5 Å². The third kappa shape index (κ3) is 3.90. The highest BCUT2D eigenvalue weighted by molar-refractivity contribution is 5.90. The molecule has 8 nitrogen and oxygen atoms in total. The molecular formula is C20H16F4N6O2. The number of nitrogens with one attached hydrogen (secondary N) is 1. The first-order valence-electron chi connectivity index (χ1n) is 9.46. The number of alkyl halides is 3. The van der Waals surface area contributed by atoms with E-state index in [0.717, 1.165) is 27.4 Å². The number of aromatic nitrogens is 5. The zero-order chi connectivity index (χ0) is 23.2. The normalized spacial score (nSPS) is 12.1. The van der Waals surface area contributed by atoms with Crippen molar-refractivity contribution in [1.82, 2.24) is 24.1 Å². The molecule has 0 bridgehead atoms. The Morgan fingerprint density at radius 3 is 2.56 bits per heavy atom. The minimum Gasteiger partial charge on any atom is -0.309 e. The SMILES string of the molecule is CC(C)c1cc2n(CC(=O)Nc3ccc(F)cn3)c(=O)c3ccc(C(F)(F)F)nc3n2n1. The highest BCUT2D eigenvalue weighted by atomic mass is 19.4. The molecule has 0 aromatic carbocycles. The maximum atomic E-state index is 13.2. The number of pyridine rings is 2. The average Bonchev–Trinajstić information content (AvgIpc) is 3.18. The van der Waals surface area contributed by atoms with E-state index in [9.17, 15) is 27.2 Å². The quantitative estimate of drug-likeness (QED) is 0.483. The molecule has 0 aliphatic rings. The first kappa shape index (κ1) is 21.4. The molecule has 0 aliphatic carbocycles. The minimum atomic E-state index is -4.70. The second-order valence-electron chi connectivity index (χ2n) is 7.36. The van der Waals surface area contributed by atoms with Gasteiger partial charge in [-0.05, 0) is 30.2 Å². The van der Waals surface area contributed by atoms with Gasteiger partial charge in [-0.15, -0.1) is 0 Å². The lowest BCUT2D eigenvalue weighted by molar-refractivity contribution is -0.141. The van der Waals surface area contributed by atoms with Crippen LogP contribution in [-0.4, -0.2) is 30.1 Å². The van der Waals surface area contributed by atoms with Gasteiger partial charge in [0, 0.05) is 6.07 Å². The summed E-state index contributed by atoms with van der Waals surface area (Å²) in [6.45, 7) is 3.18. The van der Waals surface area contributed by atoms with Crippen LogP contribution in [0.2, 0.25) is 0 Å². The Morgan fingerprint density at radius 2 is 1.94 bits per heavy atom. The van der Waals surface area contributed by atoms with Crippen LogP contribution < -0.4 is 10.9 Å². The predicted octanol–water partition coefficient (Wildman–Crippen LogP) is 3.36. The molecule has 4 aromatic rings. The summed E-state index contributed by atoms with van der Waals surface area (Å²) in [6.07, 6.45) is -3.78. The van der Waals surface area contributed by atoms with Crippen molar-refractivity contribution in [3.63, 3.8) is 0 Å². The summed E-state index contributed by atoms with van der Waals surface area (Å²) in [5.41, 5.74) is -1.51. The van der Waals surface area contributed by atoms with Gasteiger partial charge in [-0.3, -0.25) is 14.2 Å². The molecule has 0 fully saturated rings. The molecule has 0 radical (unpaired) electrons. The third-order valence-electron chi connectivity index (χ3n) is 4.72. The highest BCUT2D eigenvalue weighted by Crippen LogP contribution is 2.29. The van der Waals surface area contributed by atoms with Crippen LogP contribution in [0.25, 0.3) is 16.7 Å². The average molecular weight is 448 g/mol. The molecule has 0 atom stereocenters. The molecule has 0 aliphatic heterocycles. The maximum Gasteiger partial charge on any atom is 0.433 e. The van der Waals surface area contributed by atoms with Crippen molar-refractivity contribution < 1.29 is 22.4 Å². The molecule has 0 saturated heterocycles. The largest absolute Gasteiger partial charge is 0.433 e. The lowest BCUT2D eigenvalue weighted by Crippen LogP contribution is -2.30. The predicted molar refractivity (Wildman–Crippen MR) is 107 cm³/mol. The summed E-state index contributed by atoms with van der Waals surface area (Å²) < 4.78 is 54.8. The standard InChI is InChI=1S/C20H16F4N6O2/c1-10(2)13-7-17-29(9-16(31)27-15-6-3-11(21)8-25-15)19(32)12-4-5-14(20(22,23)24)26-18(12)30(17)28-13/h3-8,10H,9H2,1-2H3,(H,25,27,31). The van der Waals surface area contributed by atoms with E-state index in [1.165, 1.54) is 12.1 Å². The number of rotatable bonds is 4. The maximum absolute atomic E-state index is 13.2. The van der Waals surface area contributed by atoms with Gasteiger partial charge in [0.05, 0.1) is 17.3 Å². The van der Waals surface area contributed by atoms with Crippen LogP contribution in [0.4, 0.5) is 23.4 Å². The zero-order valence-electron chi connectivity index (χ0n) is 16.8. The second-order valence-corrected chi connectivity index (χ2v) is 7.36. The lowest BCUT2D eigenvalue weighted by atomic mass is 10.1. The number of anilines is 1. The van der Waals surface area contributed by atoms with E-state index in [2.05, 4.69) is 20.4 Å². The third-order valence-corrected chi connectivity index (χ3v) is 4.72. The van der Waals surface area contributed by atoms with Crippen molar-refractivity contribution in [2.24, 2.45) is 0 Å². The van der Waals surface area contributed by atoms with Crippen LogP contribution >= 0.6 is 0 Å². The fraction of sp³-hybridized carbons (Fsp3) is 0.250. The minimum absolute atomic E-state index is 0.0779. The van der Waals surface area contributed by atoms with Gasteiger partial charge in [0.25, 0.3) is 5.56 Å². The van der Waals surface area contributed by atoms with Crippen LogP contribution in [0.15, 0.2) is 41.3 Å². The summed E-state index contributed by atoms with van der Waals surface area (Å²) in [4.78, 5) is 32.9. The molecule has 4 aromatic heterocycles. The molecular weight excluding hydrogens is 432 g/mol. The van der Waals surface area contributed by atoms with E-state index in [1.54, 1.807) is 0 Å². The van der Waals surface area contributed by atoms with Gasteiger partial charge in [-0.25, -0.2) is 14.4 Å². The van der Waals surface area contributed by atoms with Crippen molar-refractivity contribution in [2.75, 3.05) is 5.32 Å². The highest BCUT2D eigenvalue weighted by Gasteiger charge is 2.33. The van der Waals surface area contributed by atoms with Crippen LogP contribution in [0.1, 0.15) is 31.2 Å². The first-order chi connectivity index (χ1) is 15.0. The lowest BCUT2D eigenvalue weighted by Gasteiger charge is -2.12. The monoisotopic (exact) mass is 448 g/mol. The summed E-state index contributed by atoms with van der Waals surface area (Å²) >= 11 is 0. The van der Waals surface area contributed by atoms with Crippen molar-refractivity contribution in [3.05, 3.63) is 64.1 Å². The molecule has 0 unspecified atom stereocenters. The Bertz CT molecular complexity index is 1390. The molecule has 166 valence electrons. The Morgan fingerprint density at radius 1 is 1.19 bits per heavy atom. The van der Waals surface area contributed by atoms with Crippen LogP contribution in [0.3, 0.4) is 0 Å². The van der Waals surface area contributed by atoms with E-state index in [0.29, 0.717) is 11.8 Å². The van der Waals surface area contributed by atoms with E-state index in [-0.39, 0.29) is 28.4 Å². The number of carbonyl (C=O) groups is 1. The van der Waals surface area contributed by atoms with Crippen molar-refractivity contribution in [1.29, 1.82) is 0 Å². The molecule has 0 spiro atoms. The summed E-state index contributed by atoms with van der Waals surface area (Å²) in [5, 5.41) is 6.63. The van der Waals surface area contributed by atoms with E-state index < -0.39 is 35.7 Å². The van der Waals surface area contributed by atoms with Gasteiger partial charge >= 0.3 is 6.18 Å². The molecule has 32 heavy (non-hydrogen) atoms. The molecule has 4 heterocycles. The van der Waals surface area contributed by atoms with Gasteiger partial charge in [-0.1, -0.05) is 13.8 Å². The number of hydrogen-bond acceptors (Lipinski definition) is 5. The number of hydrogen-bond donors (Lipinski definition) is 1. The van der Waals surface area contributed by atoms with Crippen molar-refractivity contribution in [2.45, 2.75) is 32.5 Å². The van der Waals surface area contributed by atoms with Gasteiger partial charge in [0.15, 0.2) is 5.65 Å². The van der Waals surface area contributed by atoms with E-state index in [1.807, 2.05) is 13.8 Å². The molecule has 1 N–H and O–H groups in total. The summed E-state index contributed by atoms with van der Waals surface area (Å²) in [5.74, 6) is -1.24. The second kappa shape index (κ2) is 7.70. The number of nitrogens with zero attached hydrogens (tertiary/aromatic N) is 5. The molecule has 0 saturated carbocycles. The Kier molecular flexibility index (Phi) is 5.15. The number of carbonyl (C=O) groups excluding carboxylic acids is 1. The van der Waals surface area contributed by atoms with Crippen molar-refractivity contribution >= 4 is 28.4 Å². The van der Waals surface area contributed by atoms with Crippen molar-refractivity contribution in [3.8, 4) is 0 Å². The Balaban J connectivity index is 1.85. The first-order valence-corrected chi connectivity index (χ1v) is 9.46. The van der Waals surface area contributed by atoms with E-state index >= 15 is 0 Å². The topological polar surface area (TPSA) is 94.2 Å². The number of amides is 1. The van der Waals surface area contributed by atoms with Gasteiger partial charge in [0.1, 0.15) is 29.5 Å². The van der Waals surface area contributed by atoms with Gasteiger partial charge in [-0.2, -0.15) is 22.8 Å². The summed E-state index contributed by atoms with van der Waals surface area (Å²) in [6, 6.07) is 5.61. The molecule has 4 rings (SSSR count). The number of halogens is 4. The van der Waals surface area contributed by atoms with Crippen LogP contribution in [0.5, 0.6) is 0 Å². The van der Waals surface area contributed by atoms with Gasteiger partial charge < -0.3 is 5.32 Å². The Hall–Kier alpha value is -3.83. The molecule has 1 amide bonds. The number of fused-ring (bicyclic) bond motifs is 3. The van der Waals surface area contributed by atoms with Gasteiger partial charge in [0.2, 0.25) is 5.91 Å². The molecule has 12 heteroatoms. The summed E-state index contributed by atoms with van der Waals surface area (Å²) in [7, 11) is 0.